The van der Waals surface area contributed by atoms with Gasteiger partial charge in [-0.05, 0) is 77.2 Å². The smallest absolute Gasteiger partial charge is 0.0582 e. The second kappa shape index (κ2) is 7.79. The Morgan fingerprint density at radius 2 is 1.80 bits per heavy atom. The molecule has 2 nitrogen and oxygen atoms in total. The summed E-state index contributed by atoms with van der Waals surface area (Å²) in [7, 11) is 0. The van der Waals surface area contributed by atoms with E-state index in [1.165, 1.54) is 38.5 Å². The van der Waals surface area contributed by atoms with Crippen molar-refractivity contribution in [2.75, 3.05) is 13.2 Å². The lowest BCUT2D eigenvalue weighted by molar-refractivity contribution is -0.0240. The maximum Gasteiger partial charge on any atom is 0.0582 e. The molecule has 2 unspecified atom stereocenters. The molecule has 0 spiro atoms. The minimum atomic E-state index is 0.250. The molecule has 0 amide bonds. The maximum absolute atomic E-state index is 6.12. The Balaban J connectivity index is 2.04. The third-order valence-electron chi connectivity index (χ3n) is 4.18. The lowest BCUT2D eigenvalue weighted by atomic mass is 9.71. The van der Waals surface area contributed by atoms with Crippen molar-refractivity contribution in [2.24, 2.45) is 11.3 Å². The van der Waals surface area contributed by atoms with Crippen LogP contribution >= 0.6 is 0 Å². The van der Waals surface area contributed by atoms with Crippen molar-refractivity contribution in [3.63, 3.8) is 0 Å². The Bertz CT molecular complexity index is 267. The number of hydrogen-bond donors (Lipinski definition) is 1. The van der Waals surface area contributed by atoms with Gasteiger partial charge in [0.15, 0.2) is 0 Å². The standard InChI is InChI=1S/C18H37NO/c1-15-12-16(14-18(5,6)13-15)20-11-9-7-8-10-19-17(2,3)4/h15-16,19H,7-14H2,1-6H3. The van der Waals surface area contributed by atoms with Crippen LogP contribution in [0.1, 0.15) is 80.1 Å². The highest BCUT2D eigenvalue weighted by Gasteiger charge is 2.32. The number of hydrogen-bond acceptors (Lipinski definition) is 2. The van der Waals surface area contributed by atoms with Crippen molar-refractivity contribution < 1.29 is 4.74 Å². The second-order valence-corrected chi connectivity index (χ2v) is 8.64. The average molecular weight is 284 g/mol. The van der Waals surface area contributed by atoms with E-state index in [9.17, 15) is 0 Å². The molecule has 2 heteroatoms. The predicted octanol–water partition coefficient (Wildman–Crippen LogP) is 4.78. The monoisotopic (exact) mass is 283 g/mol. The predicted molar refractivity (Wildman–Crippen MR) is 88.1 cm³/mol. The van der Waals surface area contributed by atoms with Crippen LogP contribution in [0.5, 0.6) is 0 Å². The van der Waals surface area contributed by atoms with E-state index < -0.39 is 0 Å². The molecule has 0 bridgehead atoms. The number of rotatable bonds is 7. The average Bonchev–Trinajstić information content (AvgIpc) is 2.23. The Kier molecular flexibility index (Phi) is 7.00. The maximum atomic E-state index is 6.12. The second-order valence-electron chi connectivity index (χ2n) is 8.64. The molecule has 1 N–H and O–H groups in total. The number of ether oxygens (including phenoxy) is 1. The fourth-order valence-electron chi connectivity index (χ4n) is 3.50. The van der Waals surface area contributed by atoms with Crippen LogP contribution in [0.15, 0.2) is 0 Å². The number of nitrogens with one attached hydrogen (secondary N) is 1. The Morgan fingerprint density at radius 3 is 2.40 bits per heavy atom. The Morgan fingerprint density at radius 1 is 1.10 bits per heavy atom. The molecule has 0 aliphatic heterocycles. The highest BCUT2D eigenvalue weighted by molar-refractivity contribution is 4.83. The van der Waals surface area contributed by atoms with Gasteiger partial charge in [-0.1, -0.05) is 20.8 Å². The summed E-state index contributed by atoms with van der Waals surface area (Å²) in [6.07, 6.45) is 8.09. The summed E-state index contributed by atoms with van der Waals surface area (Å²) < 4.78 is 6.12. The molecule has 0 aromatic heterocycles. The molecule has 1 rings (SSSR count). The van der Waals surface area contributed by atoms with Crippen LogP contribution in [0, 0.1) is 11.3 Å². The van der Waals surface area contributed by atoms with Gasteiger partial charge >= 0.3 is 0 Å². The van der Waals surface area contributed by atoms with Crippen LogP contribution < -0.4 is 5.32 Å². The van der Waals surface area contributed by atoms with Crippen LogP contribution in [-0.4, -0.2) is 24.8 Å². The van der Waals surface area contributed by atoms with E-state index in [1.807, 2.05) is 0 Å². The van der Waals surface area contributed by atoms with E-state index in [0.29, 0.717) is 11.5 Å². The summed E-state index contributed by atoms with van der Waals surface area (Å²) in [6.45, 7) is 15.9. The zero-order valence-corrected chi connectivity index (χ0v) is 14.7. The number of unbranched alkanes of at least 4 members (excludes halogenated alkanes) is 2. The SMILES string of the molecule is CC1CC(OCCCCCNC(C)(C)C)CC(C)(C)C1. The van der Waals surface area contributed by atoms with Gasteiger partial charge in [-0.3, -0.25) is 0 Å². The summed E-state index contributed by atoms with van der Waals surface area (Å²) in [5, 5.41) is 3.54. The van der Waals surface area contributed by atoms with Crippen molar-refractivity contribution in [1.82, 2.24) is 5.32 Å². The van der Waals surface area contributed by atoms with Crippen LogP contribution in [-0.2, 0) is 4.74 Å². The summed E-state index contributed by atoms with van der Waals surface area (Å²) in [5.74, 6) is 0.819. The summed E-state index contributed by atoms with van der Waals surface area (Å²) in [6, 6.07) is 0. The van der Waals surface area contributed by atoms with E-state index in [2.05, 4.69) is 46.9 Å². The fourth-order valence-corrected chi connectivity index (χ4v) is 3.50. The minimum Gasteiger partial charge on any atom is -0.378 e. The highest BCUT2D eigenvalue weighted by Crippen LogP contribution is 2.39. The normalized spacial score (nSPS) is 26.7. The largest absolute Gasteiger partial charge is 0.378 e. The van der Waals surface area contributed by atoms with Gasteiger partial charge in [-0.2, -0.15) is 0 Å². The molecule has 0 radical (unpaired) electrons. The first kappa shape index (κ1) is 18.0. The van der Waals surface area contributed by atoms with Gasteiger partial charge < -0.3 is 10.1 Å². The van der Waals surface area contributed by atoms with Gasteiger partial charge in [-0.15, -0.1) is 0 Å². The quantitative estimate of drug-likeness (QED) is 0.679. The van der Waals surface area contributed by atoms with Gasteiger partial charge in [-0.25, -0.2) is 0 Å². The van der Waals surface area contributed by atoms with E-state index >= 15 is 0 Å². The minimum absolute atomic E-state index is 0.250. The lowest BCUT2D eigenvalue weighted by Gasteiger charge is -2.38. The molecular formula is C18H37NO. The van der Waals surface area contributed by atoms with Gasteiger partial charge in [0, 0.05) is 12.1 Å². The first-order valence-corrected chi connectivity index (χ1v) is 8.55. The molecular weight excluding hydrogens is 246 g/mol. The van der Waals surface area contributed by atoms with Crippen LogP contribution in [0.4, 0.5) is 0 Å². The molecule has 0 aromatic rings. The molecule has 2 atom stereocenters. The van der Waals surface area contributed by atoms with Crippen LogP contribution in [0.3, 0.4) is 0 Å². The van der Waals surface area contributed by atoms with Gasteiger partial charge in [0.1, 0.15) is 0 Å². The molecule has 0 saturated heterocycles. The molecule has 20 heavy (non-hydrogen) atoms. The third kappa shape index (κ3) is 8.26. The van der Waals surface area contributed by atoms with Crippen molar-refractivity contribution >= 4 is 0 Å². The van der Waals surface area contributed by atoms with Crippen molar-refractivity contribution in [3.8, 4) is 0 Å². The molecule has 120 valence electrons. The van der Waals surface area contributed by atoms with Crippen LogP contribution in [0.25, 0.3) is 0 Å². The van der Waals surface area contributed by atoms with E-state index in [4.69, 9.17) is 4.74 Å². The molecule has 1 saturated carbocycles. The van der Waals surface area contributed by atoms with Crippen LogP contribution in [0.2, 0.25) is 0 Å². The van der Waals surface area contributed by atoms with Gasteiger partial charge in [0.05, 0.1) is 6.10 Å². The molecule has 1 fully saturated rings. The first-order chi connectivity index (χ1) is 9.18. The first-order valence-electron chi connectivity index (χ1n) is 8.55. The van der Waals surface area contributed by atoms with Crippen molar-refractivity contribution in [2.45, 2.75) is 91.7 Å². The third-order valence-corrected chi connectivity index (χ3v) is 4.18. The molecule has 0 aromatic carbocycles. The van der Waals surface area contributed by atoms with E-state index in [-0.39, 0.29) is 5.54 Å². The zero-order chi connectivity index (χ0) is 15.2. The zero-order valence-electron chi connectivity index (χ0n) is 14.7. The summed E-state index contributed by atoms with van der Waals surface area (Å²) in [4.78, 5) is 0. The summed E-state index contributed by atoms with van der Waals surface area (Å²) in [5.41, 5.74) is 0.722. The van der Waals surface area contributed by atoms with E-state index in [1.54, 1.807) is 0 Å². The summed E-state index contributed by atoms with van der Waals surface area (Å²) >= 11 is 0. The Hall–Kier alpha value is -0.0800. The van der Waals surface area contributed by atoms with Crippen molar-refractivity contribution in [3.05, 3.63) is 0 Å². The van der Waals surface area contributed by atoms with Gasteiger partial charge in [0.25, 0.3) is 0 Å². The van der Waals surface area contributed by atoms with E-state index in [0.717, 1.165) is 19.1 Å². The molecule has 1 aliphatic rings. The fraction of sp³-hybridized carbons (Fsp3) is 1.00. The molecule has 1 aliphatic carbocycles. The van der Waals surface area contributed by atoms with Gasteiger partial charge in [0.2, 0.25) is 0 Å². The highest BCUT2D eigenvalue weighted by atomic mass is 16.5. The topological polar surface area (TPSA) is 21.3 Å². The lowest BCUT2D eigenvalue weighted by Crippen LogP contribution is -2.36. The van der Waals surface area contributed by atoms with Crippen molar-refractivity contribution in [1.29, 1.82) is 0 Å². The Labute approximate surface area is 127 Å². The molecule has 0 heterocycles.